The number of ether oxygens (including phenoxy) is 1. The van der Waals surface area contributed by atoms with E-state index in [4.69, 9.17) is 16.3 Å². The van der Waals surface area contributed by atoms with Crippen molar-refractivity contribution in [3.05, 3.63) is 70.7 Å². The second-order valence-electron chi connectivity index (χ2n) is 7.68. The molecule has 1 saturated heterocycles. The number of carbonyl (C=O) groups is 1. The molecule has 1 fully saturated rings. The number of amides is 1. The highest BCUT2D eigenvalue weighted by Crippen LogP contribution is 2.26. The number of aromatic nitrogens is 2. The maximum Gasteiger partial charge on any atom is 0.260 e. The van der Waals surface area contributed by atoms with Crippen LogP contribution in [0.4, 0.5) is 5.82 Å². The van der Waals surface area contributed by atoms with Crippen molar-refractivity contribution in [2.75, 3.05) is 37.7 Å². The van der Waals surface area contributed by atoms with E-state index in [9.17, 15) is 4.79 Å². The van der Waals surface area contributed by atoms with Gasteiger partial charge in [0.05, 0.1) is 10.7 Å². The van der Waals surface area contributed by atoms with Gasteiger partial charge in [-0.05, 0) is 49.2 Å². The smallest absolute Gasteiger partial charge is 0.260 e. The second kappa shape index (κ2) is 9.35. The third kappa shape index (κ3) is 4.97. The Bertz CT molecular complexity index is 1060. The first-order valence-corrected chi connectivity index (χ1v) is 10.7. The summed E-state index contributed by atoms with van der Waals surface area (Å²) in [5.41, 5.74) is 3.75. The van der Waals surface area contributed by atoms with Crippen molar-refractivity contribution in [1.82, 2.24) is 15.1 Å². The number of halogens is 1. The van der Waals surface area contributed by atoms with Crippen LogP contribution in [-0.4, -0.2) is 53.8 Å². The van der Waals surface area contributed by atoms with Crippen LogP contribution in [0.1, 0.15) is 11.1 Å². The number of hydrogen-bond donors (Lipinski definition) is 0. The SMILES string of the molecule is Cc1ccc(C)c(OCC(=O)N2CCN(c3ccc(-c4ccccc4Cl)nn3)CC2)c1. The molecular weight excluding hydrogens is 412 g/mol. The van der Waals surface area contributed by atoms with Crippen LogP contribution in [0.3, 0.4) is 0 Å². The largest absolute Gasteiger partial charge is 0.483 e. The minimum atomic E-state index is 0.000655. The molecule has 31 heavy (non-hydrogen) atoms. The molecule has 0 unspecified atom stereocenters. The fourth-order valence-corrected chi connectivity index (χ4v) is 3.82. The van der Waals surface area contributed by atoms with E-state index in [2.05, 4.69) is 15.1 Å². The van der Waals surface area contributed by atoms with Gasteiger partial charge in [0.25, 0.3) is 5.91 Å². The molecule has 0 aliphatic carbocycles. The van der Waals surface area contributed by atoms with Gasteiger partial charge < -0.3 is 14.5 Å². The minimum Gasteiger partial charge on any atom is -0.483 e. The quantitative estimate of drug-likeness (QED) is 0.601. The first kappa shape index (κ1) is 21.1. The van der Waals surface area contributed by atoms with Crippen LogP contribution in [0, 0.1) is 13.8 Å². The van der Waals surface area contributed by atoms with Crippen LogP contribution in [0.2, 0.25) is 5.02 Å². The molecule has 1 aliphatic rings. The van der Waals surface area contributed by atoms with Gasteiger partial charge in [-0.1, -0.05) is 41.9 Å². The number of benzene rings is 2. The van der Waals surface area contributed by atoms with E-state index in [1.54, 1.807) is 0 Å². The normalized spacial score (nSPS) is 13.9. The zero-order chi connectivity index (χ0) is 21.8. The highest BCUT2D eigenvalue weighted by Gasteiger charge is 2.22. The third-order valence-electron chi connectivity index (χ3n) is 5.45. The Morgan fingerprint density at radius 1 is 1.00 bits per heavy atom. The average Bonchev–Trinajstić information content (AvgIpc) is 2.80. The number of nitrogens with zero attached hydrogens (tertiary/aromatic N) is 4. The molecule has 0 radical (unpaired) electrons. The zero-order valence-corrected chi connectivity index (χ0v) is 18.5. The molecule has 1 aromatic heterocycles. The molecule has 3 aromatic rings. The number of carbonyl (C=O) groups excluding carboxylic acids is 1. The molecule has 1 aliphatic heterocycles. The van der Waals surface area contributed by atoms with Gasteiger partial charge in [-0.25, -0.2) is 0 Å². The number of aryl methyl sites for hydroxylation is 2. The van der Waals surface area contributed by atoms with E-state index < -0.39 is 0 Å². The molecule has 4 rings (SSSR count). The van der Waals surface area contributed by atoms with E-state index in [1.165, 1.54) is 0 Å². The third-order valence-corrected chi connectivity index (χ3v) is 5.78. The predicted molar refractivity (Wildman–Crippen MR) is 123 cm³/mol. The lowest BCUT2D eigenvalue weighted by Gasteiger charge is -2.35. The summed E-state index contributed by atoms with van der Waals surface area (Å²) < 4.78 is 5.77. The lowest BCUT2D eigenvalue weighted by molar-refractivity contribution is -0.133. The number of hydrogen-bond acceptors (Lipinski definition) is 5. The average molecular weight is 437 g/mol. The molecular formula is C24H25ClN4O2. The lowest BCUT2D eigenvalue weighted by atomic mass is 10.1. The summed E-state index contributed by atoms with van der Waals surface area (Å²) in [6, 6.07) is 17.5. The Morgan fingerprint density at radius 3 is 2.48 bits per heavy atom. The summed E-state index contributed by atoms with van der Waals surface area (Å²) in [5, 5.41) is 9.37. The Morgan fingerprint density at radius 2 is 1.77 bits per heavy atom. The van der Waals surface area contributed by atoms with Gasteiger partial charge in [-0.2, -0.15) is 0 Å². The lowest BCUT2D eigenvalue weighted by Crippen LogP contribution is -2.50. The van der Waals surface area contributed by atoms with Crippen molar-refractivity contribution in [3.8, 4) is 17.0 Å². The Labute approximate surface area is 187 Å². The Hall–Kier alpha value is -3.12. The zero-order valence-electron chi connectivity index (χ0n) is 17.7. The summed E-state index contributed by atoms with van der Waals surface area (Å²) >= 11 is 6.25. The molecule has 2 heterocycles. The molecule has 0 atom stereocenters. The summed E-state index contributed by atoms with van der Waals surface area (Å²) in [6.07, 6.45) is 0. The summed E-state index contributed by atoms with van der Waals surface area (Å²) in [5.74, 6) is 1.57. The first-order chi connectivity index (χ1) is 15.0. The van der Waals surface area contributed by atoms with Crippen molar-refractivity contribution in [2.24, 2.45) is 0 Å². The van der Waals surface area contributed by atoms with E-state index >= 15 is 0 Å². The Kier molecular flexibility index (Phi) is 6.37. The molecule has 7 heteroatoms. The summed E-state index contributed by atoms with van der Waals surface area (Å²) in [7, 11) is 0. The molecule has 0 spiro atoms. The van der Waals surface area contributed by atoms with Crippen molar-refractivity contribution in [3.63, 3.8) is 0 Å². The van der Waals surface area contributed by atoms with Gasteiger partial charge in [-0.3, -0.25) is 4.79 Å². The number of rotatable bonds is 5. The summed E-state index contributed by atoms with van der Waals surface area (Å²) in [6.45, 7) is 6.71. The predicted octanol–water partition coefficient (Wildman–Crippen LogP) is 4.14. The van der Waals surface area contributed by atoms with Crippen molar-refractivity contribution in [2.45, 2.75) is 13.8 Å². The van der Waals surface area contributed by atoms with Crippen molar-refractivity contribution in [1.29, 1.82) is 0 Å². The maximum atomic E-state index is 12.6. The fourth-order valence-electron chi connectivity index (χ4n) is 3.59. The first-order valence-electron chi connectivity index (χ1n) is 10.3. The molecule has 2 aromatic carbocycles. The van der Waals surface area contributed by atoms with Gasteiger partial charge in [0, 0.05) is 31.7 Å². The minimum absolute atomic E-state index is 0.000655. The van der Waals surface area contributed by atoms with Crippen molar-refractivity contribution >= 4 is 23.3 Å². The van der Waals surface area contributed by atoms with E-state index in [0.29, 0.717) is 31.2 Å². The van der Waals surface area contributed by atoms with Gasteiger partial charge >= 0.3 is 0 Å². The van der Waals surface area contributed by atoms with E-state index in [1.807, 2.05) is 73.3 Å². The topological polar surface area (TPSA) is 58.6 Å². The number of anilines is 1. The van der Waals surface area contributed by atoms with Gasteiger partial charge in [0.15, 0.2) is 12.4 Å². The van der Waals surface area contributed by atoms with Gasteiger partial charge in [-0.15, -0.1) is 10.2 Å². The van der Waals surface area contributed by atoms with Gasteiger partial charge in [0.1, 0.15) is 5.75 Å². The molecule has 160 valence electrons. The van der Waals surface area contributed by atoms with Crippen LogP contribution in [0.25, 0.3) is 11.3 Å². The van der Waals surface area contributed by atoms with Crippen molar-refractivity contribution < 1.29 is 9.53 Å². The van der Waals surface area contributed by atoms with Crippen LogP contribution < -0.4 is 9.64 Å². The second-order valence-corrected chi connectivity index (χ2v) is 8.09. The standard InChI is InChI=1S/C24H25ClN4O2/c1-17-7-8-18(2)22(15-17)31-16-24(30)29-13-11-28(12-14-29)23-10-9-21(26-27-23)19-5-3-4-6-20(19)25/h3-10,15H,11-14,16H2,1-2H3. The highest BCUT2D eigenvalue weighted by molar-refractivity contribution is 6.33. The van der Waals surface area contributed by atoms with E-state index in [0.717, 1.165) is 34.0 Å². The summed E-state index contributed by atoms with van der Waals surface area (Å²) in [4.78, 5) is 16.6. The molecule has 0 bridgehead atoms. The molecule has 0 saturated carbocycles. The fraction of sp³-hybridized carbons (Fsp3) is 0.292. The van der Waals surface area contributed by atoms with Crippen LogP contribution >= 0.6 is 11.6 Å². The van der Waals surface area contributed by atoms with Crippen LogP contribution in [0.5, 0.6) is 5.75 Å². The maximum absolute atomic E-state index is 12.6. The van der Waals surface area contributed by atoms with Crippen LogP contribution in [0.15, 0.2) is 54.6 Å². The molecule has 6 nitrogen and oxygen atoms in total. The number of piperazine rings is 1. The molecule has 1 amide bonds. The molecule has 0 N–H and O–H groups in total. The Balaban J connectivity index is 1.31. The monoisotopic (exact) mass is 436 g/mol. The highest BCUT2D eigenvalue weighted by atomic mass is 35.5. The van der Waals surface area contributed by atoms with E-state index in [-0.39, 0.29) is 12.5 Å². The van der Waals surface area contributed by atoms with Gasteiger partial charge in [0.2, 0.25) is 0 Å². The van der Waals surface area contributed by atoms with Crippen LogP contribution in [-0.2, 0) is 4.79 Å².